The molecule has 0 spiro atoms. The van der Waals surface area contributed by atoms with E-state index in [1.165, 1.54) is 37.7 Å². The van der Waals surface area contributed by atoms with E-state index in [9.17, 15) is 5.11 Å². The lowest BCUT2D eigenvalue weighted by atomic mass is 9.84. The molecule has 2 heteroatoms. The van der Waals surface area contributed by atoms with Crippen LogP contribution in [0.4, 0.5) is 0 Å². The van der Waals surface area contributed by atoms with Crippen LogP contribution < -0.4 is 5.11 Å². The van der Waals surface area contributed by atoms with Crippen LogP contribution >= 0.6 is 8.20 Å². The lowest BCUT2D eigenvalue weighted by molar-refractivity contribution is -0.207. The van der Waals surface area contributed by atoms with Crippen LogP contribution in [0.3, 0.4) is 0 Å². The van der Waals surface area contributed by atoms with E-state index in [1.54, 1.807) is 0 Å². The van der Waals surface area contributed by atoms with Crippen LogP contribution in [-0.4, -0.2) is 11.1 Å². The molecule has 0 aliphatic heterocycles. The fraction of sp³-hybridized carbons (Fsp3) is 0.632. The highest BCUT2D eigenvalue weighted by Gasteiger charge is 2.17. The van der Waals surface area contributed by atoms with Gasteiger partial charge in [0.2, 0.25) is 0 Å². The molecule has 0 bridgehead atoms. The molecule has 0 N–H and O–H groups in total. The maximum atomic E-state index is 12.7. The maximum absolute atomic E-state index is 12.7. The van der Waals surface area contributed by atoms with Gasteiger partial charge in [-0.05, 0) is 60.0 Å². The molecule has 1 aliphatic rings. The summed E-state index contributed by atoms with van der Waals surface area (Å²) in [5.41, 5.74) is 5.64. The van der Waals surface area contributed by atoms with Crippen molar-refractivity contribution in [1.29, 1.82) is 0 Å². The molecule has 2 rings (SSSR count). The molecule has 1 aromatic carbocycles. The first-order valence-corrected chi connectivity index (χ1v) is 9.12. The number of rotatable bonds is 2. The van der Waals surface area contributed by atoms with Crippen LogP contribution in [-0.2, 0) is 5.41 Å². The Bertz CT molecular complexity index is 508. The Morgan fingerprint density at radius 1 is 1.05 bits per heavy atom. The minimum absolute atomic E-state index is 0.137. The van der Waals surface area contributed by atoms with Crippen molar-refractivity contribution in [3.63, 3.8) is 0 Å². The van der Waals surface area contributed by atoms with E-state index < -0.39 is 0 Å². The lowest BCUT2D eigenvalue weighted by Crippen LogP contribution is -2.22. The van der Waals surface area contributed by atoms with Gasteiger partial charge in [-0.2, -0.15) is 0 Å². The van der Waals surface area contributed by atoms with Crippen LogP contribution in [0.5, 0.6) is 0 Å². The third kappa shape index (κ3) is 4.18. The molecule has 1 nitrogen and oxygen atoms in total. The second-order valence-corrected chi connectivity index (χ2v) is 8.86. The Morgan fingerprint density at radius 3 is 2.05 bits per heavy atom. The van der Waals surface area contributed by atoms with Crippen molar-refractivity contribution in [3.8, 4) is 0 Å². The van der Waals surface area contributed by atoms with Gasteiger partial charge in [0.1, 0.15) is 0 Å². The topological polar surface area (TPSA) is 23.1 Å². The standard InChI is InChI=1S/C19H29OP/c1-13-11-15(19(3,4)5)12-14(2)17(13)18(20)21-16-9-7-6-8-10-16/h11-12,16,20H,6-10H2,1-5H3/p-1. The Morgan fingerprint density at radius 2 is 1.57 bits per heavy atom. The normalized spacial score (nSPS) is 18.1. The van der Waals surface area contributed by atoms with E-state index in [1.807, 2.05) is 0 Å². The van der Waals surface area contributed by atoms with Crippen molar-refractivity contribution in [3.05, 3.63) is 34.4 Å². The summed E-state index contributed by atoms with van der Waals surface area (Å²) >= 11 is 0. The smallest absolute Gasteiger partial charge is 0.0000723 e. The van der Waals surface area contributed by atoms with Gasteiger partial charge in [-0.15, -0.1) is 13.7 Å². The summed E-state index contributed by atoms with van der Waals surface area (Å²) in [7, 11) is 1.02. The Hall–Kier alpha value is -0.650. The SMILES string of the molecule is Cc1cc(C(C)(C)C)cc(C)c1C([O-])=PC1CCCCC1. The van der Waals surface area contributed by atoms with Gasteiger partial charge < -0.3 is 5.11 Å². The zero-order valence-electron chi connectivity index (χ0n) is 14.1. The van der Waals surface area contributed by atoms with E-state index in [4.69, 9.17) is 0 Å². The monoisotopic (exact) mass is 303 g/mol. The van der Waals surface area contributed by atoms with Gasteiger partial charge in [-0.1, -0.05) is 52.2 Å². The molecule has 0 atom stereocenters. The second kappa shape index (κ2) is 6.63. The summed E-state index contributed by atoms with van der Waals surface area (Å²) in [4.78, 5) is 0. The summed E-state index contributed by atoms with van der Waals surface area (Å²) in [5.74, 6) is 0. The molecule has 0 unspecified atom stereocenters. The lowest BCUT2D eigenvalue weighted by Gasteiger charge is -2.26. The van der Waals surface area contributed by atoms with Gasteiger partial charge in [0.25, 0.3) is 0 Å². The quantitative estimate of drug-likeness (QED) is 0.725. The molecule has 1 aromatic rings. The van der Waals surface area contributed by atoms with Crippen LogP contribution in [0.25, 0.3) is 0 Å². The van der Waals surface area contributed by atoms with Crippen molar-refractivity contribution in [2.75, 3.05) is 0 Å². The molecule has 1 aliphatic carbocycles. The molecule has 0 aromatic heterocycles. The number of hydrogen-bond donors (Lipinski definition) is 0. The summed E-state index contributed by atoms with van der Waals surface area (Å²) in [6.45, 7) is 10.9. The van der Waals surface area contributed by atoms with Crippen molar-refractivity contribution >= 4 is 13.7 Å². The van der Waals surface area contributed by atoms with Crippen LogP contribution in [0.1, 0.15) is 75.1 Å². The minimum Gasteiger partial charge on any atom is -0.824 e. The third-order valence-corrected chi connectivity index (χ3v) is 5.83. The van der Waals surface area contributed by atoms with E-state index in [0.717, 1.165) is 24.9 Å². The fourth-order valence-corrected chi connectivity index (χ4v) is 4.61. The molecule has 0 saturated heterocycles. The maximum Gasteiger partial charge on any atom is -0.0000723 e. The number of benzene rings is 1. The van der Waals surface area contributed by atoms with Gasteiger partial charge in [0.05, 0.1) is 0 Å². The van der Waals surface area contributed by atoms with Gasteiger partial charge in [-0.25, -0.2) is 0 Å². The van der Waals surface area contributed by atoms with Crippen molar-refractivity contribution in [2.45, 2.75) is 77.8 Å². The van der Waals surface area contributed by atoms with E-state index in [0.29, 0.717) is 11.1 Å². The second-order valence-electron chi connectivity index (χ2n) is 7.46. The summed E-state index contributed by atoms with van der Waals surface area (Å²) < 4.78 is 0. The molecule has 1 fully saturated rings. The summed E-state index contributed by atoms with van der Waals surface area (Å²) in [6.07, 6.45) is 6.40. The summed E-state index contributed by atoms with van der Waals surface area (Å²) in [5, 5.41) is 12.7. The van der Waals surface area contributed by atoms with Crippen molar-refractivity contribution in [2.24, 2.45) is 0 Å². The highest BCUT2D eigenvalue weighted by Crippen LogP contribution is 2.31. The largest absolute Gasteiger partial charge is 0.824 e. The van der Waals surface area contributed by atoms with Gasteiger partial charge in [0.15, 0.2) is 0 Å². The molecular weight excluding hydrogens is 275 g/mol. The predicted molar refractivity (Wildman–Crippen MR) is 92.5 cm³/mol. The fourth-order valence-electron chi connectivity index (χ4n) is 3.17. The molecular formula is C19H28OP-. The van der Waals surface area contributed by atoms with Crippen LogP contribution in [0.15, 0.2) is 12.1 Å². The average molecular weight is 303 g/mol. The van der Waals surface area contributed by atoms with Crippen LogP contribution in [0, 0.1) is 13.8 Å². The molecule has 0 heterocycles. The number of hydrogen-bond acceptors (Lipinski definition) is 1. The molecule has 0 radical (unpaired) electrons. The zero-order valence-corrected chi connectivity index (χ0v) is 15.0. The Balaban J connectivity index is 2.33. The van der Waals surface area contributed by atoms with Gasteiger partial charge in [-0.3, -0.25) is 0 Å². The summed E-state index contributed by atoms with van der Waals surface area (Å²) in [6, 6.07) is 4.41. The molecule has 21 heavy (non-hydrogen) atoms. The van der Waals surface area contributed by atoms with Crippen molar-refractivity contribution in [1.82, 2.24) is 0 Å². The van der Waals surface area contributed by atoms with Crippen molar-refractivity contribution < 1.29 is 5.11 Å². The average Bonchev–Trinajstić information content (AvgIpc) is 2.37. The molecule has 0 amide bonds. The Labute approximate surface area is 131 Å². The van der Waals surface area contributed by atoms with Gasteiger partial charge in [0, 0.05) is 0 Å². The minimum atomic E-state index is 0.137. The molecule has 1 saturated carbocycles. The molecule has 116 valence electrons. The van der Waals surface area contributed by atoms with E-state index in [-0.39, 0.29) is 5.41 Å². The Kier molecular flexibility index (Phi) is 5.28. The zero-order chi connectivity index (χ0) is 15.6. The van der Waals surface area contributed by atoms with E-state index in [2.05, 4.69) is 46.8 Å². The van der Waals surface area contributed by atoms with Crippen LogP contribution in [0.2, 0.25) is 0 Å². The predicted octanol–water partition coefficient (Wildman–Crippen LogP) is 4.72. The van der Waals surface area contributed by atoms with E-state index >= 15 is 0 Å². The highest BCUT2D eigenvalue weighted by molar-refractivity contribution is 7.41. The van der Waals surface area contributed by atoms with Gasteiger partial charge >= 0.3 is 0 Å². The first-order chi connectivity index (χ1) is 9.79. The highest BCUT2D eigenvalue weighted by atomic mass is 31.1. The number of aryl methyl sites for hydroxylation is 2. The first kappa shape index (κ1) is 16.7. The first-order valence-electron chi connectivity index (χ1n) is 8.16. The third-order valence-electron chi connectivity index (χ3n) is 4.49.